The van der Waals surface area contributed by atoms with Crippen LogP contribution in [0.1, 0.15) is 26.3 Å². The predicted octanol–water partition coefficient (Wildman–Crippen LogP) is 4.28. The molecule has 0 radical (unpaired) electrons. The van der Waals surface area contributed by atoms with Crippen LogP contribution in [0.4, 0.5) is 5.13 Å². The second-order valence-electron chi connectivity index (χ2n) is 7.19. The summed E-state index contributed by atoms with van der Waals surface area (Å²) in [5, 5.41) is 0.489. The summed E-state index contributed by atoms with van der Waals surface area (Å²) in [6, 6.07) is 15.9. The van der Waals surface area contributed by atoms with Crippen molar-refractivity contribution in [2.75, 3.05) is 11.4 Å². The molecule has 3 amide bonds. The molecule has 2 aromatic carbocycles. The van der Waals surface area contributed by atoms with Gasteiger partial charge in [-0.15, -0.1) is 0 Å². The van der Waals surface area contributed by atoms with E-state index in [1.807, 2.05) is 24.3 Å². The molecular weight excluding hydrogens is 492 g/mol. The zero-order chi connectivity index (χ0) is 22.2. The van der Waals surface area contributed by atoms with Crippen LogP contribution in [0.5, 0.6) is 0 Å². The molecule has 4 aromatic rings. The number of aromatic nitrogens is 2. The molecular formula is C23H15BrN4O3S. The molecule has 0 unspecified atom stereocenters. The van der Waals surface area contributed by atoms with Crippen LogP contribution in [0, 0.1) is 0 Å². The molecule has 3 heterocycles. The van der Waals surface area contributed by atoms with Crippen molar-refractivity contribution in [1.29, 1.82) is 0 Å². The summed E-state index contributed by atoms with van der Waals surface area (Å²) in [6.45, 7) is -0.150. The number of hydrogen-bond acceptors (Lipinski definition) is 6. The van der Waals surface area contributed by atoms with Gasteiger partial charge in [-0.25, -0.2) is 4.98 Å². The Bertz CT molecular complexity index is 1340. The van der Waals surface area contributed by atoms with Crippen LogP contribution in [0.3, 0.4) is 0 Å². The smallest absolute Gasteiger partial charge is 0.262 e. The summed E-state index contributed by atoms with van der Waals surface area (Å²) in [6.07, 6.45) is 3.33. The number of thiazole rings is 1. The van der Waals surface area contributed by atoms with E-state index >= 15 is 0 Å². The van der Waals surface area contributed by atoms with Crippen LogP contribution in [0.25, 0.3) is 10.2 Å². The van der Waals surface area contributed by atoms with Crippen LogP contribution in [0.2, 0.25) is 0 Å². The van der Waals surface area contributed by atoms with Crippen LogP contribution in [-0.4, -0.2) is 39.1 Å². The summed E-state index contributed by atoms with van der Waals surface area (Å²) >= 11 is 4.82. The minimum Gasteiger partial charge on any atom is -0.282 e. The van der Waals surface area contributed by atoms with E-state index in [1.165, 1.54) is 16.2 Å². The van der Waals surface area contributed by atoms with E-state index in [0.717, 1.165) is 25.2 Å². The second kappa shape index (κ2) is 8.25. The number of pyridine rings is 1. The third kappa shape index (κ3) is 3.69. The van der Waals surface area contributed by atoms with E-state index in [-0.39, 0.29) is 13.1 Å². The number of benzene rings is 2. The van der Waals surface area contributed by atoms with Gasteiger partial charge in [0, 0.05) is 16.9 Å². The van der Waals surface area contributed by atoms with Crippen LogP contribution < -0.4 is 4.90 Å². The molecule has 0 aliphatic carbocycles. The Balaban J connectivity index is 1.48. The number of amides is 3. The van der Waals surface area contributed by atoms with Crippen molar-refractivity contribution in [3.63, 3.8) is 0 Å². The highest BCUT2D eigenvalue weighted by atomic mass is 79.9. The van der Waals surface area contributed by atoms with Crippen molar-refractivity contribution < 1.29 is 14.4 Å². The van der Waals surface area contributed by atoms with Crippen molar-refractivity contribution >= 4 is 60.3 Å². The Morgan fingerprint density at radius 1 is 1.03 bits per heavy atom. The fourth-order valence-electron chi connectivity index (χ4n) is 3.54. The molecule has 0 fully saturated rings. The topological polar surface area (TPSA) is 83.5 Å². The number of rotatable bonds is 5. The third-order valence-electron chi connectivity index (χ3n) is 5.11. The van der Waals surface area contributed by atoms with E-state index in [9.17, 15) is 14.4 Å². The Labute approximate surface area is 195 Å². The minimum atomic E-state index is -0.464. The van der Waals surface area contributed by atoms with Gasteiger partial charge in [0.05, 0.1) is 27.9 Å². The van der Waals surface area contributed by atoms with Crippen LogP contribution >= 0.6 is 27.3 Å². The molecule has 2 aromatic heterocycles. The fraction of sp³-hybridized carbons (Fsp3) is 0.0870. The lowest BCUT2D eigenvalue weighted by atomic mass is 10.1. The lowest BCUT2D eigenvalue weighted by Crippen LogP contribution is -2.42. The number of halogens is 1. The zero-order valence-electron chi connectivity index (χ0n) is 16.6. The number of anilines is 1. The van der Waals surface area contributed by atoms with Gasteiger partial charge in [-0.1, -0.05) is 45.5 Å². The Morgan fingerprint density at radius 3 is 2.47 bits per heavy atom. The van der Waals surface area contributed by atoms with E-state index in [0.29, 0.717) is 16.3 Å². The fourth-order valence-corrected chi connectivity index (χ4v) is 5.08. The van der Waals surface area contributed by atoms with E-state index in [4.69, 9.17) is 0 Å². The summed E-state index contributed by atoms with van der Waals surface area (Å²) in [5.74, 6) is -1.33. The summed E-state index contributed by atoms with van der Waals surface area (Å²) < 4.78 is 1.83. The SMILES string of the molecule is O=C1c2ccccc2C(=O)N1CC(=O)N(Cc1cccnc1)c1nc2ccc(Br)cc2s1. The first-order valence-corrected chi connectivity index (χ1v) is 11.3. The minimum absolute atomic E-state index is 0.219. The average molecular weight is 507 g/mol. The summed E-state index contributed by atoms with van der Waals surface area (Å²) in [5.41, 5.74) is 2.20. The molecule has 9 heteroatoms. The number of carbonyl (C=O) groups excluding carboxylic acids is 3. The van der Waals surface area contributed by atoms with E-state index in [1.54, 1.807) is 42.7 Å². The molecule has 0 saturated heterocycles. The lowest BCUT2D eigenvalue weighted by molar-refractivity contribution is -0.119. The van der Waals surface area contributed by atoms with Crippen molar-refractivity contribution in [3.8, 4) is 0 Å². The highest BCUT2D eigenvalue weighted by Gasteiger charge is 2.37. The van der Waals surface area contributed by atoms with E-state index < -0.39 is 17.7 Å². The highest BCUT2D eigenvalue weighted by molar-refractivity contribution is 9.10. The Kier molecular flexibility index (Phi) is 5.28. The molecule has 1 aliphatic heterocycles. The molecule has 0 atom stereocenters. The van der Waals surface area contributed by atoms with Gasteiger partial charge in [-0.2, -0.15) is 0 Å². The van der Waals surface area contributed by atoms with Gasteiger partial charge in [0.15, 0.2) is 5.13 Å². The molecule has 158 valence electrons. The molecule has 0 bridgehead atoms. The number of fused-ring (bicyclic) bond motifs is 2. The van der Waals surface area contributed by atoms with Crippen molar-refractivity contribution in [2.45, 2.75) is 6.54 Å². The Morgan fingerprint density at radius 2 is 1.78 bits per heavy atom. The van der Waals surface area contributed by atoms with Gasteiger partial charge in [0.25, 0.3) is 11.8 Å². The average Bonchev–Trinajstić information content (AvgIpc) is 3.32. The van der Waals surface area contributed by atoms with Crippen LogP contribution in [0.15, 0.2) is 71.5 Å². The van der Waals surface area contributed by atoms with Gasteiger partial charge in [-0.05, 0) is 42.0 Å². The third-order valence-corrected chi connectivity index (χ3v) is 6.64. The highest BCUT2D eigenvalue weighted by Crippen LogP contribution is 2.32. The molecule has 1 aliphatic rings. The molecule has 0 spiro atoms. The van der Waals surface area contributed by atoms with Crippen LogP contribution in [-0.2, 0) is 11.3 Å². The molecule has 0 saturated carbocycles. The van der Waals surface area contributed by atoms with Gasteiger partial charge in [0.2, 0.25) is 5.91 Å². The largest absolute Gasteiger partial charge is 0.282 e. The lowest BCUT2D eigenvalue weighted by Gasteiger charge is -2.22. The number of hydrogen-bond donors (Lipinski definition) is 0. The van der Waals surface area contributed by atoms with Crippen molar-refractivity contribution in [2.24, 2.45) is 0 Å². The number of nitrogens with zero attached hydrogens (tertiary/aromatic N) is 4. The number of carbonyl (C=O) groups is 3. The first-order valence-electron chi connectivity index (χ1n) is 9.72. The first-order chi connectivity index (χ1) is 15.5. The van der Waals surface area contributed by atoms with Gasteiger partial charge in [-0.3, -0.25) is 29.2 Å². The predicted molar refractivity (Wildman–Crippen MR) is 125 cm³/mol. The van der Waals surface area contributed by atoms with Crippen molar-refractivity contribution in [1.82, 2.24) is 14.9 Å². The molecule has 5 rings (SSSR count). The first kappa shape index (κ1) is 20.5. The summed E-state index contributed by atoms with van der Waals surface area (Å²) in [4.78, 5) is 50.1. The van der Waals surface area contributed by atoms with Crippen molar-refractivity contribution in [3.05, 3.63) is 88.2 Å². The maximum absolute atomic E-state index is 13.4. The Hall–Kier alpha value is -3.43. The standard InChI is InChI=1S/C23H15BrN4O3S/c24-15-7-8-18-19(10-15)32-23(26-18)27(12-14-4-3-9-25-11-14)20(29)13-28-21(30)16-5-1-2-6-17(16)22(28)31/h1-11H,12-13H2. The van der Waals surface area contributed by atoms with Gasteiger partial charge < -0.3 is 0 Å². The van der Waals surface area contributed by atoms with Gasteiger partial charge in [0.1, 0.15) is 6.54 Å². The quantitative estimate of drug-likeness (QED) is 0.377. The molecule has 32 heavy (non-hydrogen) atoms. The van der Waals surface area contributed by atoms with E-state index in [2.05, 4.69) is 25.9 Å². The zero-order valence-corrected chi connectivity index (χ0v) is 19.0. The number of imide groups is 1. The monoisotopic (exact) mass is 506 g/mol. The maximum Gasteiger partial charge on any atom is 0.262 e. The normalized spacial score (nSPS) is 13.0. The molecule has 7 nitrogen and oxygen atoms in total. The maximum atomic E-state index is 13.4. The summed E-state index contributed by atoms with van der Waals surface area (Å²) in [7, 11) is 0. The second-order valence-corrected chi connectivity index (χ2v) is 9.12. The van der Waals surface area contributed by atoms with Gasteiger partial charge >= 0.3 is 0 Å². The molecule has 0 N–H and O–H groups in total.